The van der Waals surface area contributed by atoms with Crippen LogP contribution in [-0.4, -0.2) is 28.2 Å². The topological polar surface area (TPSA) is 89.2 Å². The quantitative estimate of drug-likeness (QED) is 0.621. The van der Waals surface area contributed by atoms with Crippen molar-refractivity contribution in [2.75, 3.05) is 4.72 Å². The average molecular weight is 331 g/mol. The molecule has 0 fully saturated rings. The molecule has 0 bridgehead atoms. The molecule has 22 heavy (non-hydrogen) atoms. The molecule has 0 atom stereocenters. The van der Waals surface area contributed by atoms with Crippen LogP contribution >= 0.6 is 11.3 Å². The molecule has 1 N–H and O–H groups in total. The summed E-state index contributed by atoms with van der Waals surface area (Å²) in [6, 6.07) is 12.6. The molecule has 0 aliphatic rings. The minimum absolute atomic E-state index is 0.192. The molecule has 2 heterocycles. The fraction of sp³-hybridized carbons (Fsp3) is 0. The first-order chi connectivity index (χ1) is 10.6. The lowest BCUT2D eigenvalue weighted by Crippen LogP contribution is -2.12. The smallest absolute Gasteiger partial charge is 0.253 e. The molecule has 2 aromatic heterocycles. The highest BCUT2D eigenvalue weighted by Gasteiger charge is 2.17. The molecule has 0 unspecified atom stereocenters. The largest absolute Gasteiger partial charge is 0.263 e. The molecule has 9 heteroatoms. The Morgan fingerprint density at radius 2 is 1.91 bits per heavy atom. The zero-order valence-corrected chi connectivity index (χ0v) is 12.7. The number of benzene rings is 2. The van der Waals surface area contributed by atoms with Crippen LogP contribution in [0.25, 0.3) is 15.7 Å². The van der Waals surface area contributed by atoms with Gasteiger partial charge in [-0.2, -0.15) is 4.52 Å². The van der Waals surface area contributed by atoms with Gasteiger partial charge in [-0.25, -0.2) is 8.42 Å². The number of aromatic nitrogens is 4. The van der Waals surface area contributed by atoms with Gasteiger partial charge in [0, 0.05) is 0 Å². The van der Waals surface area contributed by atoms with Crippen LogP contribution in [0.15, 0.2) is 53.7 Å². The van der Waals surface area contributed by atoms with Gasteiger partial charge in [0.2, 0.25) is 10.1 Å². The summed E-state index contributed by atoms with van der Waals surface area (Å²) in [4.78, 5) is 0.716. The number of hydrogen-bond acceptors (Lipinski definition) is 6. The summed E-state index contributed by atoms with van der Waals surface area (Å²) in [6.07, 6.45) is 1.42. The Morgan fingerprint density at radius 1 is 1.09 bits per heavy atom. The van der Waals surface area contributed by atoms with Gasteiger partial charge in [-0.05, 0) is 22.9 Å². The molecule has 0 aliphatic heterocycles. The lowest BCUT2D eigenvalue weighted by atomic mass is 10.1. The fourth-order valence-corrected chi connectivity index (χ4v) is 4.09. The third-order valence-corrected chi connectivity index (χ3v) is 5.43. The number of rotatable bonds is 3. The molecule has 110 valence electrons. The van der Waals surface area contributed by atoms with Gasteiger partial charge in [-0.1, -0.05) is 41.7 Å². The van der Waals surface area contributed by atoms with Crippen molar-refractivity contribution in [1.29, 1.82) is 0 Å². The van der Waals surface area contributed by atoms with E-state index in [1.807, 2.05) is 24.3 Å². The summed E-state index contributed by atoms with van der Waals surface area (Å²) >= 11 is 1.12. The van der Waals surface area contributed by atoms with Gasteiger partial charge in [0.15, 0.2) is 0 Å². The highest BCUT2D eigenvalue weighted by Crippen LogP contribution is 2.23. The standard InChI is InChI=1S/C13H9N5O2S2/c19-22(20,17-12-16-18-8-14-15-13(18)21-12)11-6-5-9-3-1-2-4-10(9)7-11/h1-8H,(H,16,17). The lowest BCUT2D eigenvalue weighted by molar-refractivity contribution is 0.601. The minimum Gasteiger partial charge on any atom is -0.253 e. The van der Waals surface area contributed by atoms with Gasteiger partial charge in [0.25, 0.3) is 10.0 Å². The number of sulfonamides is 1. The van der Waals surface area contributed by atoms with Crippen LogP contribution in [-0.2, 0) is 10.0 Å². The number of nitrogens with zero attached hydrogens (tertiary/aromatic N) is 4. The Bertz CT molecular complexity index is 1060. The van der Waals surface area contributed by atoms with E-state index in [0.717, 1.165) is 22.1 Å². The number of nitrogens with one attached hydrogen (secondary N) is 1. The summed E-state index contributed by atoms with van der Waals surface area (Å²) < 4.78 is 28.8. The highest BCUT2D eigenvalue weighted by atomic mass is 32.2. The van der Waals surface area contributed by atoms with Gasteiger partial charge >= 0.3 is 0 Å². The molecular formula is C13H9N5O2S2. The Hall–Kier alpha value is -2.52. The van der Waals surface area contributed by atoms with E-state index >= 15 is 0 Å². The summed E-state index contributed by atoms with van der Waals surface area (Å²) in [5.41, 5.74) is 0. The van der Waals surface area contributed by atoms with Crippen LogP contribution in [0.5, 0.6) is 0 Å². The first-order valence-corrected chi connectivity index (χ1v) is 8.60. The first kappa shape index (κ1) is 13.2. The second kappa shape index (κ2) is 4.75. The average Bonchev–Trinajstić information content (AvgIpc) is 3.07. The van der Waals surface area contributed by atoms with Gasteiger partial charge in [-0.15, -0.1) is 15.3 Å². The van der Waals surface area contributed by atoms with Crippen molar-refractivity contribution < 1.29 is 8.42 Å². The van der Waals surface area contributed by atoms with Crippen molar-refractivity contribution >= 4 is 42.2 Å². The molecule has 0 saturated heterocycles. The molecule has 4 aromatic rings. The van der Waals surface area contributed by atoms with Gasteiger partial charge < -0.3 is 0 Å². The summed E-state index contributed by atoms with van der Waals surface area (Å²) in [5, 5.41) is 13.7. The molecule has 0 saturated carbocycles. The Morgan fingerprint density at radius 3 is 2.73 bits per heavy atom. The van der Waals surface area contributed by atoms with Crippen LogP contribution in [0.2, 0.25) is 0 Å². The maximum absolute atomic E-state index is 12.5. The van der Waals surface area contributed by atoms with Crippen molar-refractivity contribution in [3.63, 3.8) is 0 Å². The van der Waals surface area contributed by atoms with E-state index in [4.69, 9.17) is 0 Å². The van der Waals surface area contributed by atoms with Crippen LogP contribution in [0.1, 0.15) is 0 Å². The molecule has 7 nitrogen and oxygen atoms in total. The molecule has 0 amide bonds. The monoisotopic (exact) mass is 331 g/mol. The predicted octanol–water partition coefficient (Wildman–Crippen LogP) is 2.14. The predicted molar refractivity (Wildman–Crippen MR) is 83.4 cm³/mol. The number of hydrogen-bond donors (Lipinski definition) is 1. The van der Waals surface area contributed by atoms with Crippen molar-refractivity contribution in [1.82, 2.24) is 19.8 Å². The third kappa shape index (κ3) is 2.20. The van der Waals surface area contributed by atoms with Crippen LogP contribution in [0.4, 0.5) is 5.13 Å². The lowest BCUT2D eigenvalue weighted by Gasteiger charge is -2.06. The Kier molecular flexibility index (Phi) is 2.84. The highest BCUT2D eigenvalue weighted by molar-refractivity contribution is 7.93. The fourth-order valence-electron chi connectivity index (χ4n) is 2.11. The zero-order valence-electron chi connectivity index (χ0n) is 11.0. The number of anilines is 1. The van der Waals surface area contributed by atoms with Crippen LogP contribution in [0, 0.1) is 0 Å². The molecule has 0 aliphatic carbocycles. The van der Waals surface area contributed by atoms with E-state index < -0.39 is 10.0 Å². The SMILES string of the molecule is O=S(=O)(Nc1nn2cnnc2s1)c1ccc2ccccc2c1. The first-order valence-electron chi connectivity index (χ1n) is 6.30. The normalized spacial score (nSPS) is 12.0. The van der Waals surface area contributed by atoms with E-state index in [0.29, 0.717) is 4.96 Å². The summed E-state index contributed by atoms with van der Waals surface area (Å²) in [7, 11) is -3.69. The maximum atomic E-state index is 12.5. The number of fused-ring (bicyclic) bond motifs is 2. The molecule has 0 spiro atoms. The molecule has 0 radical (unpaired) electrons. The van der Waals surface area contributed by atoms with E-state index in [-0.39, 0.29) is 10.0 Å². The van der Waals surface area contributed by atoms with Crippen molar-refractivity contribution in [2.45, 2.75) is 4.90 Å². The van der Waals surface area contributed by atoms with Gasteiger partial charge in [0.05, 0.1) is 4.90 Å². The minimum atomic E-state index is -3.69. The van der Waals surface area contributed by atoms with Gasteiger partial charge in [-0.3, -0.25) is 4.72 Å². The zero-order chi connectivity index (χ0) is 15.2. The van der Waals surface area contributed by atoms with Crippen molar-refractivity contribution in [2.24, 2.45) is 0 Å². The van der Waals surface area contributed by atoms with Crippen molar-refractivity contribution in [3.05, 3.63) is 48.8 Å². The maximum Gasteiger partial charge on any atom is 0.263 e. The third-order valence-electron chi connectivity index (χ3n) is 3.14. The van der Waals surface area contributed by atoms with E-state index in [1.54, 1.807) is 18.2 Å². The van der Waals surface area contributed by atoms with Crippen LogP contribution in [0.3, 0.4) is 0 Å². The van der Waals surface area contributed by atoms with Crippen molar-refractivity contribution in [3.8, 4) is 0 Å². The van der Waals surface area contributed by atoms with Gasteiger partial charge in [0.1, 0.15) is 6.33 Å². The van der Waals surface area contributed by atoms with E-state index in [9.17, 15) is 8.42 Å². The van der Waals surface area contributed by atoms with Crippen LogP contribution < -0.4 is 4.72 Å². The second-order valence-electron chi connectivity index (χ2n) is 4.58. The summed E-state index contributed by atoms with van der Waals surface area (Å²) in [5.74, 6) is 0. The molecular weight excluding hydrogens is 322 g/mol. The Balaban J connectivity index is 1.73. The second-order valence-corrected chi connectivity index (χ2v) is 7.22. The summed E-state index contributed by atoms with van der Waals surface area (Å²) in [6.45, 7) is 0. The Labute approximate surface area is 129 Å². The van der Waals surface area contributed by atoms with E-state index in [1.165, 1.54) is 10.8 Å². The molecule has 4 rings (SSSR count). The van der Waals surface area contributed by atoms with E-state index in [2.05, 4.69) is 20.0 Å². The molecule has 2 aromatic carbocycles.